The van der Waals surface area contributed by atoms with Gasteiger partial charge in [0.15, 0.2) is 0 Å². The lowest BCUT2D eigenvalue weighted by Gasteiger charge is -2.14. The third-order valence-corrected chi connectivity index (χ3v) is 3.32. The van der Waals surface area contributed by atoms with E-state index in [4.69, 9.17) is 0 Å². The molecule has 2 N–H and O–H groups in total. The molecule has 0 saturated carbocycles. The summed E-state index contributed by atoms with van der Waals surface area (Å²) in [6.07, 6.45) is 3.89. The largest absolute Gasteiger partial charge is 0.382 e. The quantitative estimate of drug-likeness (QED) is 0.866. The van der Waals surface area contributed by atoms with Crippen LogP contribution in [0.3, 0.4) is 0 Å². The summed E-state index contributed by atoms with van der Waals surface area (Å²) in [5, 5.41) is 9.33. The highest BCUT2D eigenvalue weighted by atomic mass is 79.9. The number of aromatic nitrogens is 2. The Morgan fingerprint density at radius 1 is 1.53 bits per heavy atom. The second-order valence-electron chi connectivity index (χ2n) is 3.49. The smallest absolute Gasteiger partial charge is 0.280 e. The van der Waals surface area contributed by atoms with Gasteiger partial charge >= 0.3 is 0 Å². The Labute approximate surface area is 97.6 Å². The SMILES string of the molecule is CCC(CC)CNc1cn[nH]c(=O)c1Br. The van der Waals surface area contributed by atoms with Crippen LogP contribution in [0.2, 0.25) is 0 Å². The van der Waals surface area contributed by atoms with Crippen LogP contribution in [0.1, 0.15) is 26.7 Å². The zero-order chi connectivity index (χ0) is 11.3. The molecule has 1 aromatic heterocycles. The lowest BCUT2D eigenvalue weighted by molar-refractivity contribution is 0.519. The van der Waals surface area contributed by atoms with Crippen LogP contribution in [-0.2, 0) is 0 Å². The second-order valence-corrected chi connectivity index (χ2v) is 4.28. The minimum absolute atomic E-state index is 0.204. The van der Waals surface area contributed by atoms with Gasteiger partial charge in [0, 0.05) is 6.54 Å². The lowest BCUT2D eigenvalue weighted by Crippen LogP contribution is -2.17. The molecular formula is C10H16BrN3O. The van der Waals surface area contributed by atoms with Gasteiger partial charge < -0.3 is 5.32 Å². The molecule has 0 saturated heterocycles. The van der Waals surface area contributed by atoms with Crippen molar-refractivity contribution in [1.29, 1.82) is 0 Å². The van der Waals surface area contributed by atoms with E-state index in [-0.39, 0.29) is 5.56 Å². The molecule has 5 heteroatoms. The number of rotatable bonds is 5. The van der Waals surface area contributed by atoms with E-state index in [2.05, 4.69) is 45.3 Å². The third kappa shape index (κ3) is 3.34. The Bertz CT molecular complexity index is 360. The average Bonchev–Trinajstić information content (AvgIpc) is 2.25. The Kier molecular flexibility index (Phi) is 4.81. The first-order valence-corrected chi connectivity index (χ1v) is 5.95. The highest BCUT2D eigenvalue weighted by Crippen LogP contribution is 2.17. The van der Waals surface area contributed by atoms with Gasteiger partial charge in [-0.3, -0.25) is 4.79 Å². The molecule has 4 nitrogen and oxygen atoms in total. The molecule has 15 heavy (non-hydrogen) atoms. The van der Waals surface area contributed by atoms with Crippen molar-refractivity contribution in [3.8, 4) is 0 Å². The van der Waals surface area contributed by atoms with Gasteiger partial charge in [0.2, 0.25) is 0 Å². The Hall–Kier alpha value is -0.840. The summed E-state index contributed by atoms with van der Waals surface area (Å²) in [6, 6.07) is 0. The molecule has 0 aromatic carbocycles. The molecular weight excluding hydrogens is 258 g/mol. The van der Waals surface area contributed by atoms with Crippen LogP contribution in [0, 0.1) is 5.92 Å². The molecule has 0 fully saturated rings. The van der Waals surface area contributed by atoms with E-state index in [1.165, 1.54) is 0 Å². The zero-order valence-electron chi connectivity index (χ0n) is 9.01. The van der Waals surface area contributed by atoms with Crippen LogP contribution in [-0.4, -0.2) is 16.7 Å². The van der Waals surface area contributed by atoms with Crippen molar-refractivity contribution in [2.24, 2.45) is 5.92 Å². The topological polar surface area (TPSA) is 57.8 Å². The second kappa shape index (κ2) is 5.90. The van der Waals surface area contributed by atoms with Crippen LogP contribution in [0.5, 0.6) is 0 Å². The van der Waals surface area contributed by atoms with Crippen molar-refractivity contribution >= 4 is 21.6 Å². The molecule has 0 bridgehead atoms. The fraction of sp³-hybridized carbons (Fsp3) is 0.600. The van der Waals surface area contributed by atoms with E-state index < -0.39 is 0 Å². The molecule has 1 aromatic rings. The standard InChI is InChI=1S/C10H16BrN3O/c1-3-7(4-2)5-12-8-6-13-14-10(15)9(8)11/h6-7H,3-5H2,1-2H3,(H2,12,14,15). The van der Waals surface area contributed by atoms with Crippen molar-refractivity contribution < 1.29 is 0 Å². The van der Waals surface area contributed by atoms with Gasteiger partial charge in [0.25, 0.3) is 5.56 Å². The van der Waals surface area contributed by atoms with Crippen molar-refractivity contribution in [2.75, 3.05) is 11.9 Å². The van der Waals surface area contributed by atoms with Gasteiger partial charge in [-0.2, -0.15) is 5.10 Å². The maximum atomic E-state index is 11.2. The minimum atomic E-state index is -0.204. The van der Waals surface area contributed by atoms with Gasteiger partial charge in [0.1, 0.15) is 4.47 Å². The minimum Gasteiger partial charge on any atom is -0.382 e. The van der Waals surface area contributed by atoms with Crippen LogP contribution in [0.25, 0.3) is 0 Å². The van der Waals surface area contributed by atoms with E-state index in [9.17, 15) is 4.79 Å². The molecule has 0 unspecified atom stereocenters. The molecule has 1 rings (SSSR count). The first-order chi connectivity index (χ1) is 7.19. The van der Waals surface area contributed by atoms with E-state index >= 15 is 0 Å². The maximum Gasteiger partial charge on any atom is 0.280 e. The lowest BCUT2D eigenvalue weighted by atomic mass is 10.0. The first-order valence-electron chi connectivity index (χ1n) is 5.16. The molecule has 0 aliphatic heterocycles. The summed E-state index contributed by atoms with van der Waals surface area (Å²) in [6.45, 7) is 5.21. The number of halogens is 1. The number of hydrogen-bond acceptors (Lipinski definition) is 3. The van der Waals surface area contributed by atoms with Crippen LogP contribution in [0.15, 0.2) is 15.5 Å². The predicted octanol–water partition coefficient (Wildman–Crippen LogP) is 2.38. The van der Waals surface area contributed by atoms with E-state index in [1.54, 1.807) is 6.20 Å². The van der Waals surface area contributed by atoms with E-state index in [0.29, 0.717) is 10.4 Å². The molecule has 1 heterocycles. The van der Waals surface area contributed by atoms with Gasteiger partial charge in [0.05, 0.1) is 11.9 Å². The molecule has 84 valence electrons. The number of H-pyrrole nitrogens is 1. The summed E-state index contributed by atoms with van der Waals surface area (Å²) in [5.74, 6) is 0.635. The molecule has 0 atom stereocenters. The highest BCUT2D eigenvalue weighted by Gasteiger charge is 2.06. The molecule has 0 radical (unpaired) electrons. The van der Waals surface area contributed by atoms with Crippen LogP contribution >= 0.6 is 15.9 Å². The zero-order valence-corrected chi connectivity index (χ0v) is 10.6. The Morgan fingerprint density at radius 3 is 2.80 bits per heavy atom. The van der Waals surface area contributed by atoms with Gasteiger partial charge in [-0.15, -0.1) is 0 Å². The van der Waals surface area contributed by atoms with E-state index in [1.807, 2.05) is 0 Å². The molecule has 0 aliphatic rings. The van der Waals surface area contributed by atoms with Crippen LogP contribution < -0.4 is 10.9 Å². The predicted molar refractivity (Wildman–Crippen MR) is 65.1 cm³/mol. The number of nitrogens with one attached hydrogen (secondary N) is 2. The fourth-order valence-electron chi connectivity index (χ4n) is 1.34. The summed E-state index contributed by atoms with van der Waals surface area (Å²) < 4.78 is 0.517. The fourth-order valence-corrected chi connectivity index (χ4v) is 1.67. The normalized spacial score (nSPS) is 10.7. The highest BCUT2D eigenvalue weighted by molar-refractivity contribution is 9.10. The molecule has 0 aliphatic carbocycles. The molecule has 0 amide bonds. The number of hydrogen-bond donors (Lipinski definition) is 2. The van der Waals surface area contributed by atoms with Crippen LogP contribution in [0.4, 0.5) is 5.69 Å². The third-order valence-electron chi connectivity index (χ3n) is 2.53. The van der Waals surface area contributed by atoms with E-state index in [0.717, 1.165) is 25.1 Å². The summed E-state index contributed by atoms with van der Waals surface area (Å²) in [5.41, 5.74) is 0.551. The van der Waals surface area contributed by atoms with Crippen molar-refractivity contribution in [3.05, 3.63) is 21.0 Å². The molecule has 0 spiro atoms. The monoisotopic (exact) mass is 273 g/mol. The summed E-state index contributed by atoms with van der Waals surface area (Å²) in [7, 11) is 0. The van der Waals surface area contributed by atoms with Gasteiger partial charge in [-0.05, 0) is 21.8 Å². The Balaban J connectivity index is 2.65. The van der Waals surface area contributed by atoms with Crippen molar-refractivity contribution in [2.45, 2.75) is 26.7 Å². The van der Waals surface area contributed by atoms with Gasteiger partial charge in [-0.1, -0.05) is 26.7 Å². The number of anilines is 1. The summed E-state index contributed by atoms with van der Waals surface area (Å²) >= 11 is 3.23. The first kappa shape index (κ1) is 12.2. The van der Waals surface area contributed by atoms with Gasteiger partial charge in [-0.25, -0.2) is 5.10 Å². The van der Waals surface area contributed by atoms with Crippen molar-refractivity contribution in [1.82, 2.24) is 10.2 Å². The number of aromatic amines is 1. The maximum absolute atomic E-state index is 11.2. The average molecular weight is 274 g/mol. The summed E-state index contributed by atoms with van der Waals surface area (Å²) in [4.78, 5) is 11.2. The van der Waals surface area contributed by atoms with Crippen molar-refractivity contribution in [3.63, 3.8) is 0 Å². The number of nitrogens with zero attached hydrogens (tertiary/aromatic N) is 1. The Morgan fingerprint density at radius 2 is 2.20 bits per heavy atom.